The van der Waals surface area contributed by atoms with Gasteiger partial charge in [0.15, 0.2) is 5.65 Å². The van der Waals surface area contributed by atoms with Crippen LogP contribution < -0.4 is 5.32 Å². The summed E-state index contributed by atoms with van der Waals surface area (Å²) in [5.41, 5.74) is 5.62. The van der Waals surface area contributed by atoms with Crippen LogP contribution in [0.4, 0.5) is 0 Å². The molecule has 7 nitrogen and oxygen atoms in total. The number of carbonyl (C=O) groups excluding carboxylic acids is 1. The molecule has 0 spiro atoms. The Hall–Kier alpha value is -3.57. The Morgan fingerprint density at radius 2 is 2.03 bits per heavy atom. The molecule has 0 unspecified atom stereocenters. The summed E-state index contributed by atoms with van der Waals surface area (Å²) in [7, 11) is 0. The van der Waals surface area contributed by atoms with E-state index in [1.807, 2.05) is 49.6 Å². The van der Waals surface area contributed by atoms with Gasteiger partial charge in [-0.3, -0.25) is 4.79 Å². The van der Waals surface area contributed by atoms with Crippen LogP contribution in [0.1, 0.15) is 34.6 Å². The molecule has 0 aliphatic rings. The van der Waals surface area contributed by atoms with Gasteiger partial charge >= 0.3 is 0 Å². The van der Waals surface area contributed by atoms with E-state index in [1.54, 1.807) is 15.9 Å². The summed E-state index contributed by atoms with van der Waals surface area (Å²) in [5, 5.41) is 19.3. The van der Waals surface area contributed by atoms with Gasteiger partial charge in [0.25, 0.3) is 0 Å². The topological polar surface area (TPSA) is 96.0 Å². The Morgan fingerprint density at radius 1 is 1.23 bits per heavy atom. The van der Waals surface area contributed by atoms with E-state index < -0.39 is 0 Å². The molecule has 0 fully saturated rings. The molecule has 1 amide bonds. The number of hydrogen-bond acceptors (Lipinski definition) is 6. The SMILES string of the molecule is Cc1nc2c(C#N)cnn2c(C)c1CCC(=O)NCc1csc(-c2ccccc2)n1. The van der Waals surface area contributed by atoms with E-state index in [-0.39, 0.29) is 5.91 Å². The summed E-state index contributed by atoms with van der Waals surface area (Å²) < 4.78 is 1.67. The molecular weight excluding hydrogens is 396 g/mol. The van der Waals surface area contributed by atoms with Crippen molar-refractivity contribution in [3.8, 4) is 16.6 Å². The molecule has 0 bridgehead atoms. The lowest BCUT2D eigenvalue weighted by molar-refractivity contribution is -0.121. The van der Waals surface area contributed by atoms with Crippen LogP contribution in [0.2, 0.25) is 0 Å². The quantitative estimate of drug-likeness (QED) is 0.518. The van der Waals surface area contributed by atoms with Crippen molar-refractivity contribution in [3.05, 3.63) is 70.1 Å². The average molecular weight is 417 g/mol. The predicted octanol–water partition coefficient (Wildman–Crippen LogP) is 3.59. The minimum absolute atomic E-state index is 0.0404. The fourth-order valence-corrected chi connectivity index (χ4v) is 4.20. The largest absolute Gasteiger partial charge is 0.350 e. The third-order valence-corrected chi connectivity index (χ3v) is 5.91. The van der Waals surface area contributed by atoms with Crippen LogP contribution in [0.15, 0.2) is 41.9 Å². The molecule has 0 radical (unpaired) electrons. The Labute approximate surface area is 178 Å². The van der Waals surface area contributed by atoms with Gasteiger partial charge in [-0.2, -0.15) is 10.4 Å². The molecule has 0 aliphatic carbocycles. The Balaban J connectivity index is 1.38. The van der Waals surface area contributed by atoms with E-state index in [9.17, 15) is 10.1 Å². The summed E-state index contributed by atoms with van der Waals surface area (Å²) in [6.07, 6.45) is 2.42. The third-order valence-electron chi connectivity index (χ3n) is 4.97. The summed E-state index contributed by atoms with van der Waals surface area (Å²) in [5.74, 6) is -0.0404. The summed E-state index contributed by atoms with van der Waals surface area (Å²) in [6, 6.07) is 12.1. The van der Waals surface area contributed by atoms with Crippen molar-refractivity contribution in [1.29, 1.82) is 5.26 Å². The van der Waals surface area contributed by atoms with E-state index >= 15 is 0 Å². The molecule has 4 aromatic rings. The standard InChI is InChI=1S/C22H20N6OS/c1-14-19(15(2)28-21(26-14)17(10-23)11-25-28)8-9-20(29)24-12-18-13-30-22(27-18)16-6-4-3-5-7-16/h3-7,11,13H,8-9,12H2,1-2H3,(H,24,29). The zero-order valence-corrected chi connectivity index (χ0v) is 17.5. The highest BCUT2D eigenvalue weighted by atomic mass is 32.1. The Morgan fingerprint density at radius 3 is 2.80 bits per heavy atom. The van der Waals surface area contributed by atoms with Crippen LogP contribution in [0.5, 0.6) is 0 Å². The molecule has 150 valence electrons. The number of aromatic nitrogens is 4. The third kappa shape index (κ3) is 3.93. The first-order valence-electron chi connectivity index (χ1n) is 9.57. The number of fused-ring (bicyclic) bond motifs is 1. The number of amides is 1. The molecule has 0 atom stereocenters. The normalized spacial score (nSPS) is 10.8. The molecule has 3 heterocycles. The monoisotopic (exact) mass is 416 g/mol. The molecule has 0 saturated carbocycles. The summed E-state index contributed by atoms with van der Waals surface area (Å²) in [6.45, 7) is 4.24. The first kappa shape index (κ1) is 19.7. The van der Waals surface area contributed by atoms with E-state index in [0.29, 0.717) is 30.6 Å². The van der Waals surface area contributed by atoms with Crippen molar-refractivity contribution < 1.29 is 4.79 Å². The molecule has 1 N–H and O–H groups in total. The second-order valence-electron chi connectivity index (χ2n) is 6.95. The number of thiazole rings is 1. The number of nitrogens with one attached hydrogen (secondary N) is 1. The minimum atomic E-state index is -0.0404. The molecule has 8 heteroatoms. The number of carbonyl (C=O) groups is 1. The molecule has 0 aliphatic heterocycles. The lowest BCUT2D eigenvalue weighted by Gasteiger charge is -2.11. The number of aryl methyl sites for hydroxylation is 2. The number of benzene rings is 1. The van der Waals surface area contributed by atoms with Crippen LogP contribution in [-0.4, -0.2) is 25.5 Å². The first-order chi connectivity index (χ1) is 14.6. The first-order valence-corrected chi connectivity index (χ1v) is 10.4. The lowest BCUT2D eigenvalue weighted by Crippen LogP contribution is -2.23. The van der Waals surface area contributed by atoms with E-state index in [1.165, 1.54) is 6.20 Å². The van der Waals surface area contributed by atoms with Gasteiger partial charge in [0, 0.05) is 28.8 Å². The second kappa shape index (κ2) is 8.43. The lowest BCUT2D eigenvalue weighted by atomic mass is 10.1. The van der Waals surface area contributed by atoms with E-state index in [2.05, 4.69) is 26.5 Å². The number of hydrogen-bond donors (Lipinski definition) is 1. The minimum Gasteiger partial charge on any atom is -0.350 e. The summed E-state index contributed by atoms with van der Waals surface area (Å²) in [4.78, 5) is 21.5. The van der Waals surface area contributed by atoms with Crippen LogP contribution in [-0.2, 0) is 17.8 Å². The van der Waals surface area contributed by atoms with Gasteiger partial charge < -0.3 is 5.32 Å². The van der Waals surface area contributed by atoms with Gasteiger partial charge in [0.2, 0.25) is 5.91 Å². The Kier molecular flexibility index (Phi) is 5.55. The van der Waals surface area contributed by atoms with Gasteiger partial charge in [0.05, 0.1) is 18.4 Å². The van der Waals surface area contributed by atoms with Crippen LogP contribution in [0, 0.1) is 25.2 Å². The predicted molar refractivity (Wildman–Crippen MR) is 115 cm³/mol. The maximum absolute atomic E-state index is 12.4. The van der Waals surface area contributed by atoms with Gasteiger partial charge in [0.1, 0.15) is 16.6 Å². The van der Waals surface area contributed by atoms with Crippen molar-refractivity contribution >= 4 is 22.9 Å². The van der Waals surface area contributed by atoms with Crippen molar-refractivity contribution in [1.82, 2.24) is 24.9 Å². The molecule has 0 saturated heterocycles. The highest BCUT2D eigenvalue weighted by Crippen LogP contribution is 2.23. The maximum Gasteiger partial charge on any atom is 0.220 e. The van der Waals surface area contributed by atoms with E-state index in [0.717, 1.165) is 33.2 Å². The van der Waals surface area contributed by atoms with Gasteiger partial charge in [-0.1, -0.05) is 30.3 Å². The second-order valence-corrected chi connectivity index (χ2v) is 7.81. The molecule has 1 aromatic carbocycles. The average Bonchev–Trinajstić information content (AvgIpc) is 3.39. The van der Waals surface area contributed by atoms with E-state index in [4.69, 9.17) is 0 Å². The van der Waals surface area contributed by atoms with Gasteiger partial charge in [-0.25, -0.2) is 14.5 Å². The highest BCUT2D eigenvalue weighted by Gasteiger charge is 2.15. The fourth-order valence-electron chi connectivity index (χ4n) is 3.37. The zero-order valence-electron chi connectivity index (χ0n) is 16.7. The van der Waals surface area contributed by atoms with Crippen LogP contribution in [0.25, 0.3) is 16.2 Å². The Bertz CT molecular complexity index is 1250. The fraction of sp³-hybridized carbons (Fsp3) is 0.227. The number of nitriles is 1. The van der Waals surface area contributed by atoms with Crippen molar-refractivity contribution in [2.24, 2.45) is 0 Å². The zero-order chi connectivity index (χ0) is 21.1. The van der Waals surface area contributed by atoms with Crippen molar-refractivity contribution in [2.75, 3.05) is 0 Å². The molecule has 3 aromatic heterocycles. The van der Waals surface area contributed by atoms with Gasteiger partial charge in [-0.05, 0) is 25.8 Å². The molecule has 4 rings (SSSR count). The van der Waals surface area contributed by atoms with Crippen LogP contribution >= 0.6 is 11.3 Å². The van der Waals surface area contributed by atoms with Gasteiger partial charge in [-0.15, -0.1) is 11.3 Å². The van der Waals surface area contributed by atoms with Crippen molar-refractivity contribution in [2.45, 2.75) is 33.2 Å². The maximum atomic E-state index is 12.4. The highest BCUT2D eigenvalue weighted by molar-refractivity contribution is 7.13. The smallest absolute Gasteiger partial charge is 0.220 e. The molecule has 30 heavy (non-hydrogen) atoms. The summed E-state index contributed by atoms with van der Waals surface area (Å²) >= 11 is 1.57. The van der Waals surface area contributed by atoms with Crippen LogP contribution in [0.3, 0.4) is 0 Å². The number of rotatable bonds is 6. The van der Waals surface area contributed by atoms with Crippen molar-refractivity contribution in [3.63, 3.8) is 0 Å². The number of nitrogens with zero attached hydrogens (tertiary/aromatic N) is 5. The molecular formula is C22H20N6OS.